The fourth-order valence-corrected chi connectivity index (χ4v) is 2.39. The molecular formula is C20H24O3. The second-order valence-electron chi connectivity index (χ2n) is 6.57. The molecule has 23 heavy (non-hydrogen) atoms. The lowest BCUT2D eigenvalue weighted by Crippen LogP contribution is -2.16. The zero-order valence-electron chi connectivity index (χ0n) is 14.3. The third-order valence-corrected chi connectivity index (χ3v) is 3.70. The summed E-state index contributed by atoms with van der Waals surface area (Å²) in [7, 11) is 1.64. The van der Waals surface area contributed by atoms with Crippen LogP contribution in [0.5, 0.6) is 11.5 Å². The monoisotopic (exact) mass is 312 g/mol. The first-order valence-corrected chi connectivity index (χ1v) is 7.83. The minimum atomic E-state index is -0.211. The smallest absolute Gasteiger partial charge is 0.311 e. The molecule has 0 aliphatic heterocycles. The van der Waals surface area contributed by atoms with Crippen LogP contribution in [-0.4, -0.2) is 13.1 Å². The van der Waals surface area contributed by atoms with E-state index in [4.69, 9.17) is 9.47 Å². The molecule has 0 saturated heterocycles. The van der Waals surface area contributed by atoms with Gasteiger partial charge in [0.05, 0.1) is 7.11 Å². The lowest BCUT2D eigenvalue weighted by molar-refractivity contribution is -0.134. The van der Waals surface area contributed by atoms with Crippen molar-refractivity contribution >= 4 is 5.97 Å². The van der Waals surface area contributed by atoms with Crippen LogP contribution < -0.4 is 9.47 Å². The van der Waals surface area contributed by atoms with Crippen LogP contribution in [0.1, 0.15) is 38.3 Å². The van der Waals surface area contributed by atoms with Crippen molar-refractivity contribution in [1.29, 1.82) is 0 Å². The second kappa shape index (κ2) is 7.32. The Bertz CT molecular complexity index is 651. The number of methoxy groups -OCH3 is 1. The van der Waals surface area contributed by atoms with Crippen molar-refractivity contribution in [3.63, 3.8) is 0 Å². The molecule has 2 aromatic carbocycles. The quantitative estimate of drug-likeness (QED) is 0.601. The molecule has 0 unspecified atom stereocenters. The number of benzene rings is 2. The second-order valence-corrected chi connectivity index (χ2v) is 6.57. The van der Waals surface area contributed by atoms with E-state index < -0.39 is 0 Å². The Kier molecular flexibility index (Phi) is 5.43. The summed E-state index contributed by atoms with van der Waals surface area (Å²) < 4.78 is 10.7. The third-order valence-electron chi connectivity index (χ3n) is 3.70. The lowest BCUT2D eigenvalue weighted by atomic mass is 9.86. The third kappa shape index (κ3) is 4.85. The summed E-state index contributed by atoms with van der Waals surface area (Å²) in [6.45, 7) is 6.32. The van der Waals surface area contributed by atoms with E-state index >= 15 is 0 Å². The van der Waals surface area contributed by atoms with E-state index in [1.807, 2.05) is 48.5 Å². The molecule has 2 rings (SSSR count). The van der Waals surface area contributed by atoms with Gasteiger partial charge >= 0.3 is 5.97 Å². The van der Waals surface area contributed by atoms with Crippen LogP contribution in [0, 0.1) is 0 Å². The summed E-state index contributed by atoms with van der Waals surface area (Å²) >= 11 is 0. The molecule has 0 aliphatic rings. The summed E-state index contributed by atoms with van der Waals surface area (Å²) in [5.41, 5.74) is 2.07. The van der Waals surface area contributed by atoms with Gasteiger partial charge in [-0.1, -0.05) is 51.1 Å². The summed E-state index contributed by atoms with van der Waals surface area (Å²) in [5.74, 6) is 1.26. The van der Waals surface area contributed by atoms with Gasteiger partial charge in [0.2, 0.25) is 0 Å². The first-order valence-electron chi connectivity index (χ1n) is 7.83. The highest BCUT2D eigenvalue weighted by molar-refractivity contribution is 5.73. The number of carbonyl (C=O) groups excluding carboxylic acids is 1. The normalized spacial score (nSPS) is 11.1. The van der Waals surface area contributed by atoms with E-state index in [9.17, 15) is 4.79 Å². The molecule has 0 fully saturated rings. The summed E-state index contributed by atoms with van der Waals surface area (Å²) in [6.07, 6.45) is 1.01. The number of esters is 1. The predicted molar refractivity (Wildman–Crippen MR) is 92.1 cm³/mol. The average molecular weight is 312 g/mol. The Balaban J connectivity index is 1.97. The first kappa shape index (κ1) is 17.1. The molecular weight excluding hydrogens is 288 g/mol. The number of hydrogen-bond donors (Lipinski definition) is 0. The van der Waals surface area contributed by atoms with E-state index in [0.29, 0.717) is 18.6 Å². The van der Waals surface area contributed by atoms with Gasteiger partial charge in [0, 0.05) is 12.0 Å². The average Bonchev–Trinajstić information content (AvgIpc) is 2.53. The molecule has 0 amide bonds. The number of hydrogen-bond acceptors (Lipinski definition) is 3. The Hall–Kier alpha value is -2.29. The van der Waals surface area contributed by atoms with Crippen molar-refractivity contribution in [2.45, 2.75) is 39.0 Å². The maximum absolute atomic E-state index is 12.1. The van der Waals surface area contributed by atoms with E-state index in [1.165, 1.54) is 0 Å². The predicted octanol–water partition coefficient (Wildman–Crippen LogP) is 4.53. The highest BCUT2D eigenvalue weighted by atomic mass is 16.5. The zero-order chi connectivity index (χ0) is 16.9. The first-order chi connectivity index (χ1) is 10.9. The standard InChI is InChI=1S/C20H24O3/c1-20(2,3)17-7-5-6-8-18(17)23-19(21)14-11-15-9-12-16(22-4)13-10-15/h5-10,12-13H,11,14H2,1-4H3. The van der Waals surface area contributed by atoms with Gasteiger partial charge in [0.15, 0.2) is 0 Å². The molecule has 0 saturated carbocycles. The highest BCUT2D eigenvalue weighted by Crippen LogP contribution is 2.31. The molecule has 0 atom stereocenters. The summed E-state index contributed by atoms with van der Waals surface area (Å²) in [5, 5.41) is 0. The largest absolute Gasteiger partial charge is 0.497 e. The number of para-hydroxylation sites is 1. The number of aryl methyl sites for hydroxylation is 1. The molecule has 0 radical (unpaired) electrons. The molecule has 3 heteroatoms. The van der Waals surface area contributed by atoms with Crippen LogP contribution in [-0.2, 0) is 16.6 Å². The van der Waals surface area contributed by atoms with Crippen LogP contribution in [0.3, 0.4) is 0 Å². The molecule has 0 spiro atoms. The summed E-state index contributed by atoms with van der Waals surface area (Å²) in [4.78, 5) is 12.1. The molecule has 0 aromatic heterocycles. The molecule has 122 valence electrons. The van der Waals surface area contributed by atoms with Crippen molar-refractivity contribution in [2.75, 3.05) is 7.11 Å². The van der Waals surface area contributed by atoms with E-state index in [2.05, 4.69) is 20.8 Å². The van der Waals surface area contributed by atoms with Crippen LogP contribution in [0.15, 0.2) is 48.5 Å². The van der Waals surface area contributed by atoms with Gasteiger partial charge in [-0.25, -0.2) is 0 Å². The Morgan fingerprint density at radius 2 is 1.65 bits per heavy atom. The van der Waals surface area contributed by atoms with E-state index in [-0.39, 0.29) is 11.4 Å². The van der Waals surface area contributed by atoms with Gasteiger partial charge in [0.25, 0.3) is 0 Å². The number of ether oxygens (including phenoxy) is 2. The fraction of sp³-hybridized carbons (Fsp3) is 0.350. The van der Waals surface area contributed by atoms with Crippen molar-refractivity contribution in [3.8, 4) is 11.5 Å². The molecule has 0 bridgehead atoms. The number of carbonyl (C=O) groups is 1. The van der Waals surface area contributed by atoms with Crippen LogP contribution in [0.25, 0.3) is 0 Å². The van der Waals surface area contributed by atoms with Crippen LogP contribution in [0.4, 0.5) is 0 Å². The van der Waals surface area contributed by atoms with Gasteiger partial charge in [-0.05, 0) is 35.6 Å². The van der Waals surface area contributed by atoms with Gasteiger partial charge in [-0.15, -0.1) is 0 Å². The lowest BCUT2D eigenvalue weighted by Gasteiger charge is -2.22. The van der Waals surface area contributed by atoms with Gasteiger partial charge < -0.3 is 9.47 Å². The Labute approximate surface area is 138 Å². The Morgan fingerprint density at radius 3 is 2.26 bits per heavy atom. The van der Waals surface area contributed by atoms with Gasteiger partial charge in [-0.3, -0.25) is 4.79 Å². The SMILES string of the molecule is COc1ccc(CCC(=O)Oc2ccccc2C(C)(C)C)cc1. The van der Waals surface area contributed by atoms with Gasteiger partial charge in [0.1, 0.15) is 11.5 Å². The van der Waals surface area contributed by atoms with E-state index in [1.54, 1.807) is 7.11 Å². The molecule has 3 nitrogen and oxygen atoms in total. The van der Waals surface area contributed by atoms with E-state index in [0.717, 1.165) is 16.9 Å². The van der Waals surface area contributed by atoms with Crippen molar-refractivity contribution in [3.05, 3.63) is 59.7 Å². The van der Waals surface area contributed by atoms with Crippen LogP contribution in [0.2, 0.25) is 0 Å². The molecule has 0 N–H and O–H groups in total. The van der Waals surface area contributed by atoms with Gasteiger partial charge in [-0.2, -0.15) is 0 Å². The minimum Gasteiger partial charge on any atom is -0.497 e. The zero-order valence-corrected chi connectivity index (χ0v) is 14.3. The maximum atomic E-state index is 12.1. The van der Waals surface area contributed by atoms with Crippen molar-refractivity contribution in [1.82, 2.24) is 0 Å². The van der Waals surface area contributed by atoms with Crippen molar-refractivity contribution < 1.29 is 14.3 Å². The topological polar surface area (TPSA) is 35.5 Å². The van der Waals surface area contributed by atoms with Crippen molar-refractivity contribution in [2.24, 2.45) is 0 Å². The number of rotatable bonds is 5. The molecule has 0 aliphatic carbocycles. The minimum absolute atomic E-state index is 0.0626. The van der Waals surface area contributed by atoms with Crippen LogP contribution >= 0.6 is 0 Å². The highest BCUT2D eigenvalue weighted by Gasteiger charge is 2.19. The fourth-order valence-electron chi connectivity index (χ4n) is 2.39. The molecule has 2 aromatic rings. The molecule has 0 heterocycles. The maximum Gasteiger partial charge on any atom is 0.311 e. The Morgan fingerprint density at radius 1 is 1.00 bits per heavy atom. The summed E-state index contributed by atoms with van der Waals surface area (Å²) in [6, 6.07) is 15.4.